The standard InChI is InChI=1S/C19H20F3N3O3S/c1-25(16-7-8-16)29(27,28)17-9-5-15(6-10-17)24-18(26)23-12-13-3-2-4-14(11-13)19(20,21)22/h2-6,9-11,16H,7-8,12H2,1H3,(H2,23,24,26). The number of carbonyl (C=O) groups excluding carboxylic acids is 1. The highest BCUT2D eigenvalue weighted by atomic mass is 32.2. The normalized spacial score (nSPS) is 14.7. The maximum Gasteiger partial charge on any atom is 0.416 e. The van der Waals surface area contributed by atoms with Gasteiger partial charge in [-0.2, -0.15) is 17.5 Å². The number of hydrogen-bond acceptors (Lipinski definition) is 3. The zero-order valence-corrected chi connectivity index (χ0v) is 16.3. The number of hydrogen-bond donors (Lipinski definition) is 2. The Morgan fingerprint density at radius 3 is 2.38 bits per heavy atom. The fourth-order valence-electron chi connectivity index (χ4n) is 2.73. The topological polar surface area (TPSA) is 78.5 Å². The van der Waals surface area contributed by atoms with E-state index in [4.69, 9.17) is 0 Å². The SMILES string of the molecule is CN(C1CC1)S(=O)(=O)c1ccc(NC(=O)NCc2cccc(C(F)(F)F)c2)cc1. The number of urea groups is 1. The summed E-state index contributed by atoms with van der Waals surface area (Å²) >= 11 is 0. The number of benzene rings is 2. The van der Waals surface area contributed by atoms with Crippen molar-refractivity contribution in [2.75, 3.05) is 12.4 Å². The summed E-state index contributed by atoms with van der Waals surface area (Å²) in [7, 11) is -2.03. The summed E-state index contributed by atoms with van der Waals surface area (Å²) in [4.78, 5) is 12.1. The molecule has 2 amide bonds. The van der Waals surface area contributed by atoms with Crippen molar-refractivity contribution in [2.24, 2.45) is 0 Å². The zero-order chi connectivity index (χ0) is 21.2. The van der Waals surface area contributed by atoms with E-state index >= 15 is 0 Å². The predicted octanol–water partition coefficient (Wildman–Crippen LogP) is 3.81. The van der Waals surface area contributed by atoms with Crippen molar-refractivity contribution >= 4 is 21.7 Å². The number of nitrogens with one attached hydrogen (secondary N) is 2. The molecule has 29 heavy (non-hydrogen) atoms. The van der Waals surface area contributed by atoms with Crippen molar-refractivity contribution in [3.8, 4) is 0 Å². The third-order valence-electron chi connectivity index (χ3n) is 4.56. The fraction of sp³-hybridized carbons (Fsp3) is 0.316. The Hall–Kier alpha value is -2.59. The first kappa shape index (κ1) is 21.1. The number of amides is 2. The molecule has 10 heteroatoms. The lowest BCUT2D eigenvalue weighted by Crippen LogP contribution is -2.29. The molecule has 0 heterocycles. The molecule has 1 fully saturated rings. The Balaban J connectivity index is 1.57. The van der Waals surface area contributed by atoms with Gasteiger partial charge in [0.15, 0.2) is 0 Å². The lowest BCUT2D eigenvalue weighted by atomic mass is 10.1. The molecule has 0 bridgehead atoms. The highest BCUT2D eigenvalue weighted by Crippen LogP contribution is 2.31. The first-order valence-electron chi connectivity index (χ1n) is 8.86. The number of rotatable bonds is 6. The van der Waals surface area contributed by atoms with Crippen LogP contribution in [0.4, 0.5) is 23.7 Å². The molecule has 0 saturated heterocycles. The molecule has 1 saturated carbocycles. The van der Waals surface area contributed by atoms with Gasteiger partial charge in [0.05, 0.1) is 10.5 Å². The minimum atomic E-state index is -4.45. The number of halogens is 3. The Morgan fingerprint density at radius 1 is 1.14 bits per heavy atom. The monoisotopic (exact) mass is 427 g/mol. The molecular formula is C19H20F3N3O3S. The molecule has 0 atom stereocenters. The quantitative estimate of drug-likeness (QED) is 0.736. The van der Waals surface area contributed by atoms with E-state index in [9.17, 15) is 26.4 Å². The Bertz CT molecular complexity index is 988. The summed E-state index contributed by atoms with van der Waals surface area (Å²) in [5, 5.41) is 4.99. The lowest BCUT2D eigenvalue weighted by Gasteiger charge is -2.16. The van der Waals surface area contributed by atoms with Crippen LogP contribution in [0.2, 0.25) is 0 Å². The van der Waals surface area contributed by atoms with Crippen LogP contribution in [-0.2, 0) is 22.7 Å². The van der Waals surface area contributed by atoms with E-state index in [2.05, 4.69) is 10.6 Å². The third-order valence-corrected chi connectivity index (χ3v) is 6.48. The molecule has 2 N–H and O–H groups in total. The van der Waals surface area contributed by atoms with E-state index < -0.39 is 27.8 Å². The Morgan fingerprint density at radius 2 is 1.79 bits per heavy atom. The van der Waals surface area contributed by atoms with E-state index in [0.717, 1.165) is 25.0 Å². The van der Waals surface area contributed by atoms with E-state index in [1.807, 2.05) is 0 Å². The second kappa shape index (κ2) is 8.03. The minimum Gasteiger partial charge on any atom is -0.334 e. The molecule has 6 nitrogen and oxygen atoms in total. The third kappa shape index (κ3) is 5.27. The van der Waals surface area contributed by atoms with Crippen molar-refractivity contribution in [3.05, 3.63) is 59.7 Å². The van der Waals surface area contributed by atoms with Crippen molar-refractivity contribution < 1.29 is 26.4 Å². The van der Waals surface area contributed by atoms with Crippen LogP contribution in [0.1, 0.15) is 24.0 Å². The average Bonchev–Trinajstić information content (AvgIpc) is 3.51. The molecule has 0 spiro atoms. The number of anilines is 1. The summed E-state index contributed by atoms with van der Waals surface area (Å²) < 4.78 is 64.4. The van der Waals surface area contributed by atoms with Crippen molar-refractivity contribution in [1.29, 1.82) is 0 Å². The first-order valence-corrected chi connectivity index (χ1v) is 10.3. The second-order valence-corrected chi connectivity index (χ2v) is 8.78. The van der Waals surface area contributed by atoms with Crippen LogP contribution < -0.4 is 10.6 Å². The van der Waals surface area contributed by atoms with Gasteiger partial charge in [-0.15, -0.1) is 0 Å². The summed E-state index contributed by atoms with van der Waals surface area (Å²) in [6, 6.07) is 9.81. The molecule has 1 aliphatic rings. The first-order chi connectivity index (χ1) is 13.6. The van der Waals surface area contributed by atoms with E-state index in [1.165, 1.54) is 40.7 Å². The van der Waals surface area contributed by atoms with Gasteiger partial charge in [-0.05, 0) is 54.8 Å². The Kier molecular flexibility index (Phi) is 5.85. The number of nitrogens with zero attached hydrogens (tertiary/aromatic N) is 1. The van der Waals surface area contributed by atoms with Gasteiger partial charge >= 0.3 is 12.2 Å². The van der Waals surface area contributed by atoms with Crippen LogP contribution in [0.25, 0.3) is 0 Å². The highest BCUT2D eigenvalue weighted by Gasteiger charge is 2.35. The van der Waals surface area contributed by atoms with Crippen molar-refractivity contribution in [1.82, 2.24) is 9.62 Å². The zero-order valence-electron chi connectivity index (χ0n) is 15.5. The molecule has 0 radical (unpaired) electrons. The van der Waals surface area contributed by atoms with Crippen molar-refractivity contribution in [2.45, 2.75) is 36.5 Å². The van der Waals surface area contributed by atoms with Crippen molar-refractivity contribution in [3.63, 3.8) is 0 Å². The lowest BCUT2D eigenvalue weighted by molar-refractivity contribution is -0.137. The van der Waals surface area contributed by atoms with Gasteiger partial charge in [0.25, 0.3) is 0 Å². The largest absolute Gasteiger partial charge is 0.416 e. The number of carbonyl (C=O) groups is 1. The van der Waals surface area contributed by atoms with E-state index in [-0.39, 0.29) is 17.5 Å². The molecule has 2 aromatic rings. The Labute approximate surface area is 166 Å². The van der Waals surface area contributed by atoms with Crippen LogP contribution in [0.3, 0.4) is 0 Å². The molecule has 0 aliphatic heterocycles. The molecular weight excluding hydrogens is 407 g/mol. The van der Waals surface area contributed by atoms with Gasteiger partial charge in [0.2, 0.25) is 10.0 Å². The van der Waals surface area contributed by atoms with Gasteiger partial charge in [0, 0.05) is 25.3 Å². The maximum atomic E-state index is 12.7. The van der Waals surface area contributed by atoms with Crippen LogP contribution in [0, 0.1) is 0 Å². The maximum absolute atomic E-state index is 12.7. The van der Waals surface area contributed by atoms with Gasteiger partial charge in [-0.3, -0.25) is 0 Å². The predicted molar refractivity (Wildman–Crippen MR) is 102 cm³/mol. The molecule has 0 aromatic heterocycles. The van der Waals surface area contributed by atoms with Crippen LogP contribution in [0.15, 0.2) is 53.4 Å². The highest BCUT2D eigenvalue weighted by molar-refractivity contribution is 7.89. The molecule has 0 unspecified atom stereocenters. The smallest absolute Gasteiger partial charge is 0.334 e. The van der Waals surface area contributed by atoms with Crippen LogP contribution in [0.5, 0.6) is 0 Å². The van der Waals surface area contributed by atoms with Gasteiger partial charge < -0.3 is 10.6 Å². The summed E-state index contributed by atoms with van der Waals surface area (Å²) in [6.45, 7) is -0.0889. The van der Waals surface area contributed by atoms with Crippen LogP contribution >= 0.6 is 0 Å². The summed E-state index contributed by atoms with van der Waals surface area (Å²) in [5.74, 6) is 0. The second-order valence-electron chi connectivity index (χ2n) is 6.78. The minimum absolute atomic E-state index is 0.0411. The number of sulfonamides is 1. The fourth-order valence-corrected chi connectivity index (χ4v) is 4.14. The molecule has 156 valence electrons. The molecule has 3 rings (SSSR count). The van der Waals surface area contributed by atoms with E-state index in [1.54, 1.807) is 7.05 Å². The summed E-state index contributed by atoms with van der Waals surface area (Å²) in [5.41, 5.74) is -0.121. The number of alkyl halides is 3. The van der Waals surface area contributed by atoms with Gasteiger partial charge in [0.1, 0.15) is 0 Å². The molecule has 2 aromatic carbocycles. The van der Waals surface area contributed by atoms with Crippen LogP contribution in [-0.4, -0.2) is 31.8 Å². The van der Waals surface area contributed by atoms with Gasteiger partial charge in [-0.1, -0.05) is 12.1 Å². The summed E-state index contributed by atoms with van der Waals surface area (Å²) in [6.07, 6.45) is -2.75. The van der Waals surface area contributed by atoms with E-state index in [0.29, 0.717) is 11.3 Å². The average molecular weight is 427 g/mol. The van der Waals surface area contributed by atoms with Gasteiger partial charge in [-0.25, -0.2) is 13.2 Å². The molecule has 1 aliphatic carbocycles.